The Labute approximate surface area is 79.4 Å². The van der Waals surface area contributed by atoms with Crippen LogP contribution in [0.2, 0.25) is 0 Å². The Morgan fingerprint density at radius 3 is 2.75 bits per heavy atom. The summed E-state index contributed by atoms with van der Waals surface area (Å²) in [7, 11) is 0. The van der Waals surface area contributed by atoms with Gasteiger partial charge in [0.1, 0.15) is 5.76 Å². The van der Waals surface area contributed by atoms with Crippen molar-refractivity contribution in [2.24, 2.45) is 0 Å². The van der Waals surface area contributed by atoms with Crippen LogP contribution in [-0.2, 0) is 0 Å². The third-order valence-electron chi connectivity index (χ3n) is 1.32. The lowest BCUT2D eigenvalue weighted by Crippen LogP contribution is -1.68. The van der Waals surface area contributed by atoms with E-state index >= 15 is 0 Å². The van der Waals surface area contributed by atoms with Crippen molar-refractivity contribution in [1.82, 2.24) is 0 Å². The van der Waals surface area contributed by atoms with E-state index in [-0.39, 0.29) is 0 Å². The molecule has 0 aliphatic rings. The van der Waals surface area contributed by atoms with Gasteiger partial charge >= 0.3 is 0 Å². The van der Waals surface area contributed by atoms with Crippen molar-refractivity contribution in [3.05, 3.63) is 29.7 Å². The number of hydrogen-bond donors (Lipinski definition) is 0. The average Bonchev–Trinajstić information content (AvgIpc) is 2.53. The molecule has 1 aromatic rings. The number of alkyl halides is 1. The van der Waals surface area contributed by atoms with Gasteiger partial charge in [0.2, 0.25) is 0 Å². The van der Waals surface area contributed by atoms with Crippen molar-refractivity contribution in [1.29, 1.82) is 0 Å². The zero-order valence-electron chi connectivity index (χ0n) is 6.50. The first-order valence-electron chi connectivity index (χ1n) is 3.64. The van der Waals surface area contributed by atoms with Crippen LogP contribution in [0.15, 0.2) is 22.6 Å². The molecule has 0 unspecified atom stereocenters. The molecule has 12 heavy (non-hydrogen) atoms. The lowest BCUT2D eigenvalue weighted by atomic mass is 10.3. The van der Waals surface area contributed by atoms with Gasteiger partial charge in [0.25, 0.3) is 0 Å². The van der Waals surface area contributed by atoms with Crippen molar-refractivity contribution in [3.63, 3.8) is 0 Å². The third kappa shape index (κ3) is 2.66. The maximum Gasteiger partial charge on any atom is 0.185 e. The van der Waals surface area contributed by atoms with Crippen LogP contribution in [0.3, 0.4) is 0 Å². The number of hydrogen-bond acceptors (Lipinski definition) is 2. The summed E-state index contributed by atoms with van der Waals surface area (Å²) in [6, 6.07) is 3.43. The number of aldehydes is 1. The second-order valence-corrected chi connectivity index (χ2v) is 3.03. The number of allylic oxidation sites excluding steroid dienone is 1. The van der Waals surface area contributed by atoms with E-state index in [1.807, 2.05) is 12.2 Å². The molecule has 1 heterocycles. The molecule has 0 bridgehead atoms. The average molecular weight is 229 g/mol. The van der Waals surface area contributed by atoms with E-state index in [2.05, 4.69) is 15.9 Å². The number of carbonyl (C=O) groups excluding carboxylic acids is 1. The largest absolute Gasteiger partial charge is 0.454 e. The van der Waals surface area contributed by atoms with Crippen LogP contribution >= 0.6 is 15.9 Å². The third-order valence-corrected chi connectivity index (χ3v) is 1.78. The van der Waals surface area contributed by atoms with Crippen molar-refractivity contribution in [3.8, 4) is 0 Å². The first-order valence-corrected chi connectivity index (χ1v) is 4.76. The Bertz CT molecular complexity index is 276. The van der Waals surface area contributed by atoms with Crippen molar-refractivity contribution < 1.29 is 9.21 Å². The van der Waals surface area contributed by atoms with Crippen LogP contribution in [0.5, 0.6) is 0 Å². The molecule has 0 atom stereocenters. The van der Waals surface area contributed by atoms with Crippen LogP contribution in [-0.4, -0.2) is 11.6 Å². The molecular formula is C9H9BrO2. The van der Waals surface area contributed by atoms with Gasteiger partial charge in [-0.25, -0.2) is 0 Å². The molecule has 3 heteroatoms. The van der Waals surface area contributed by atoms with E-state index in [9.17, 15) is 4.79 Å². The van der Waals surface area contributed by atoms with Gasteiger partial charge in [-0.05, 0) is 24.6 Å². The van der Waals surface area contributed by atoms with Gasteiger partial charge in [0, 0.05) is 5.33 Å². The molecule has 0 spiro atoms. The lowest BCUT2D eigenvalue weighted by molar-refractivity contribution is 0.110. The van der Waals surface area contributed by atoms with E-state index in [1.165, 1.54) is 0 Å². The first kappa shape index (κ1) is 9.26. The topological polar surface area (TPSA) is 30.2 Å². The molecule has 0 amide bonds. The van der Waals surface area contributed by atoms with Crippen molar-refractivity contribution >= 4 is 28.3 Å². The Hall–Kier alpha value is -0.830. The number of carbonyl (C=O) groups is 1. The number of rotatable bonds is 4. The zero-order chi connectivity index (χ0) is 8.81. The second kappa shape index (κ2) is 4.93. The molecule has 0 aliphatic heterocycles. The summed E-state index contributed by atoms with van der Waals surface area (Å²) < 4.78 is 5.11. The van der Waals surface area contributed by atoms with Crippen LogP contribution < -0.4 is 0 Å². The number of furan rings is 1. The summed E-state index contributed by atoms with van der Waals surface area (Å²) in [6.07, 6.45) is 5.50. The van der Waals surface area contributed by atoms with Crippen LogP contribution in [0.1, 0.15) is 22.7 Å². The van der Waals surface area contributed by atoms with Crippen molar-refractivity contribution in [2.75, 3.05) is 5.33 Å². The Kier molecular flexibility index (Phi) is 3.80. The predicted octanol–water partition coefficient (Wildman–Crippen LogP) is 2.89. The van der Waals surface area contributed by atoms with Crippen molar-refractivity contribution in [2.45, 2.75) is 6.42 Å². The highest BCUT2D eigenvalue weighted by molar-refractivity contribution is 9.09. The Morgan fingerprint density at radius 2 is 2.17 bits per heavy atom. The van der Waals surface area contributed by atoms with E-state index in [0.717, 1.165) is 17.5 Å². The van der Waals surface area contributed by atoms with E-state index < -0.39 is 0 Å². The van der Waals surface area contributed by atoms with E-state index in [4.69, 9.17) is 4.42 Å². The van der Waals surface area contributed by atoms with Crippen LogP contribution in [0, 0.1) is 0 Å². The van der Waals surface area contributed by atoms with Gasteiger partial charge in [0.05, 0.1) is 0 Å². The maximum atomic E-state index is 10.2. The van der Waals surface area contributed by atoms with Crippen LogP contribution in [0.4, 0.5) is 0 Å². The number of halogens is 1. The Balaban J connectivity index is 2.57. The molecule has 0 N–H and O–H groups in total. The molecule has 0 saturated carbocycles. The fourth-order valence-corrected chi connectivity index (χ4v) is 1.05. The highest BCUT2D eigenvalue weighted by Crippen LogP contribution is 2.07. The van der Waals surface area contributed by atoms with Gasteiger partial charge in [-0.1, -0.05) is 22.0 Å². The van der Waals surface area contributed by atoms with Gasteiger partial charge in [-0.2, -0.15) is 0 Å². The minimum atomic E-state index is 0.369. The van der Waals surface area contributed by atoms with Gasteiger partial charge in [-0.3, -0.25) is 4.79 Å². The molecule has 2 nitrogen and oxygen atoms in total. The fourth-order valence-electron chi connectivity index (χ4n) is 0.784. The molecule has 1 aromatic heterocycles. The molecule has 0 aromatic carbocycles. The quantitative estimate of drug-likeness (QED) is 0.586. The summed E-state index contributed by atoms with van der Waals surface area (Å²) in [6.45, 7) is 0. The summed E-state index contributed by atoms with van der Waals surface area (Å²) in [5, 5.41) is 0.935. The van der Waals surface area contributed by atoms with Gasteiger partial charge in [0.15, 0.2) is 12.0 Å². The smallest absolute Gasteiger partial charge is 0.185 e. The molecule has 64 valence electrons. The van der Waals surface area contributed by atoms with Gasteiger partial charge in [-0.15, -0.1) is 0 Å². The predicted molar refractivity (Wildman–Crippen MR) is 51.5 cm³/mol. The lowest BCUT2D eigenvalue weighted by Gasteiger charge is -1.83. The summed E-state index contributed by atoms with van der Waals surface area (Å²) >= 11 is 3.30. The SMILES string of the molecule is O=Cc1ccc(C=CCCBr)o1. The normalized spacial score (nSPS) is 10.8. The highest BCUT2D eigenvalue weighted by Gasteiger charge is 1.95. The molecule has 1 rings (SSSR count). The minimum absolute atomic E-state index is 0.369. The molecular weight excluding hydrogens is 220 g/mol. The molecule has 0 saturated heterocycles. The molecule has 0 fully saturated rings. The highest BCUT2D eigenvalue weighted by atomic mass is 79.9. The van der Waals surface area contributed by atoms with Crippen LogP contribution in [0.25, 0.3) is 6.08 Å². The molecule has 0 radical (unpaired) electrons. The van der Waals surface area contributed by atoms with E-state index in [0.29, 0.717) is 12.0 Å². The summed E-state index contributed by atoms with van der Waals surface area (Å²) in [5.74, 6) is 1.09. The zero-order valence-corrected chi connectivity index (χ0v) is 8.08. The first-order chi connectivity index (χ1) is 5.86. The summed E-state index contributed by atoms with van der Waals surface area (Å²) in [4.78, 5) is 10.2. The standard InChI is InChI=1S/C9H9BrO2/c10-6-2-1-3-8-4-5-9(7-11)12-8/h1,3-5,7H,2,6H2. The maximum absolute atomic E-state index is 10.2. The van der Waals surface area contributed by atoms with E-state index in [1.54, 1.807) is 12.1 Å². The minimum Gasteiger partial charge on any atom is -0.454 e. The Morgan fingerprint density at radius 1 is 1.42 bits per heavy atom. The van der Waals surface area contributed by atoms with Gasteiger partial charge < -0.3 is 4.42 Å². The fraction of sp³-hybridized carbons (Fsp3) is 0.222. The second-order valence-electron chi connectivity index (χ2n) is 2.24. The summed E-state index contributed by atoms with van der Waals surface area (Å²) in [5.41, 5.74) is 0. The molecule has 0 aliphatic carbocycles. The monoisotopic (exact) mass is 228 g/mol.